The van der Waals surface area contributed by atoms with Gasteiger partial charge in [-0.2, -0.15) is 0 Å². The van der Waals surface area contributed by atoms with E-state index in [1.54, 1.807) is 7.11 Å². The van der Waals surface area contributed by atoms with Crippen LogP contribution >= 0.6 is 0 Å². The van der Waals surface area contributed by atoms with E-state index < -0.39 is 0 Å². The molecule has 5 heteroatoms. The summed E-state index contributed by atoms with van der Waals surface area (Å²) in [5, 5.41) is 12.5. The van der Waals surface area contributed by atoms with E-state index in [1.807, 2.05) is 12.1 Å². The molecule has 0 aromatic heterocycles. The van der Waals surface area contributed by atoms with Crippen molar-refractivity contribution in [1.29, 1.82) is 0 Å². The van der Waals surface area contributed by atoms with Crippen molar-refractivity contribution in [2.45, 2.75) is 51.7 Å². The van der Waals surface area contributed by atoms with Crippen molar-refractivity contribution in [2.24, 2.45) is 22.7 Å². The molecule has 3 fully saturated rings. The van der Waals surface area contributed by atoms with E-state index in [0.717, 1.165) is 31.6 Å². The Morgan fingerprint density at radius 3 is 2.74 bits per heavy atom. The summed E-state index contributed by atoms with van der Waals surface area (Å²) in [5.41, 5.74) is 1.36. The number of benzene rings is 1. The molecule has 3 aliphatic rings. The van der Waals surface area contributed by atoms with Crippen molar-refractivity contribution in [3.8, 4) is 5.75 Å². The Kier molecular flexibility index (Phi) is 4.71. The van der Waals surface area contributed by atoms with Gasteiger partial charge in [0.05, 0.1) is 19.8 Å². The van der Waals surface area contributed by atoms with E-state index in [1.165, 1.54) is 5.56 Å². The molecule has 1 amide bonds. The summed E-state index contributed by atoms with van der Waals surface area (Å²) < 4.78 is 11.6. The molecule has 0 unspecified atom stereocenters. The van der Waals surface area contributed by atoms with E-state index >= 15 is 0 Å². The number of carbonyl (C=O) groups excluding carboxylic acids is 1. The predicted molar refractivity (Wildman–Crippen MR) is 102 cm³/mol. The molecular weight excluding hydrogens is 342 g/mol. The first-order valence-electron chi connectivity index (χ1n) is 10.1. The second-order valence-electron chi connectivity index (χ2n) is 9.09. The maximum absolute atomic E-state index is 12.3. The number of hydrogen-bond donors (Lipinski definition) is 2. The number of nitrogens with one attached hydrogen (secondary N) is 1. The van der Waals surface area contributed by atoms with Crippen molar-refractivity contribution in [3.63, 3.8) is 0 Å². The number of hydrogen-bond acceptors (Lipinski definition) is 4. The average Bonchev–Trinajstić information content (AvgIpc) is 3.15. The Hall–Kier alpha value is -1.59. The highest BCUT2D eigenvalue weighted by molar-refractivity contribution is 5.76. The summed E-state index contributed by atoms with van der Waals surface area (Å²) in [4.78, 5) is 12.3. The lowest BCUT2D eigenvalue weighted by atomic mass is 9.59. The third-order valence-corrected chi connectivity index (χ3v) is 7.59. The molecule has 4 rings (SSSR count). The molecule has 1 heterocycles. The van der Waals surface area contributed by atoms with E-state index in [2.05, 4.69) is 31.3 Å². The number of aliphatic hydroxyl groups is 1. The first-order chi connectivity index (χ1) is 12.9. The maximum atomic E-state index is 12.3. The number of rotatable bonds is 5. The number of fused-ring (bicyclic) bond motifs is 1. The Morgan fingerprint density at radius 2 is 2.07 bits per heavy atom. The third-order valence-electron chi connectivity index (χ3n) is 7.59. The molecule has 5 atom stereocenters. The van der Waals surface area contributed by atoms with Gasteiger partial charge in [0.15, 0.2) is 0 Å². The zero-order chi connectivity index (χ0) is 19.2. The van der Waals surface area contributed by atoms with Gasteiger partial charge in [-0.1, -0.05) is 26.0 Å². The van der Waals surface area contributed by atoms with Gasteiger partial charge in [0.1, 0.15) is 5.75 Å². The van der Waals surface area contributed by atoms with Crippen LogP contribution in [0.2, 0.25) is 0 Å². The first kappa shape index (κ1) is 18.8. The van der Waals surface area contributed by atoms with Crippen LogP contribution < -0.4 is 10.1 Å². The lowest BCUT2D eigenvalue weighted by Gasteiger charge is -2.53. The zero-order valence-electron chi connectivity index (χ0n) is 16.5. The lowest BCUT2D eigenvalue weighted by Crippen LogP contribution is -2.59. The highest BCUT2D eigenvalue weighted by Crippen LogP contribution is 2.70. The Bertz CT molecular complexity index is 701. The second kappa shape index (κ2) is 6.78. The lowest BCUT2D eigenvalue weighted by molar-refractivity contribution is -0.137. The standard InChI is InChI=1S/C22H31NO4/c1-21(2)15-12-17-19(14-4-6-16(26-3)7-5-14)27-11-9-22(17,13-15)20(21)23-18(25)8-10-24/h4-7,15,17,19-20,24H,8-13H2,1-3H3,(H,23,25)/t15-,17-,19-,20+,22-/m1/s1. The van der Waals surface area contributed by atoms with Gasteiger partial charge in [-0.05, 0) is 59.6 Å². The molecule has 1 aromatic carbocycles. The molecule has 1 aromatic rings. The van der Waals surface area contributed by atoms with Gasteiger partial charge in [-0.3, -0.25) is 4.79 Å². The minimum atomic E-state index is -0.101. The Morgan fingerprint density at radius 1 is 1.33 bits per heavy atom. The van der Waals surface area contributed by atoms with Gasteiger partial charge in [-0.15, -0.1) is 0 Å². The molecule has 1 aliphatic heterocycles. The van der Waals surface area contributed by atoms with Crippen molar-refractivity contribution in [2.75, 3.05) is 20.3 Å². The maximum Gasteiger partial charge on any atom is 0.222 e. The van der Waals surface area contributed by atoms with Crippen LogP contribution in [0.3, 0.4) is 0 Å². The topological polar surface area (TPSA) is 67.8 Å². The van der Waals surface area contributed by atoms with Gasteiger partial charge in [0.25, 0.3) is 0 Å². The molecule has 2 N–H and O–H groups in total. The third kappa shape index (κ3) is 2.87. The minimum absolute atomic E-state index is 0.0382. The van der Waals surface area contributed by atoms with Crippen LogP contribution in [-0.4, -0.2) is 37.4 Å². The highest BCUT2D eigenvalue weighted by Gasteiger charge is 2.68. The molecule has 1 spiro atoms. The Balaban J connectivity index is 1.64. The monoisotopic (exact) mass is 373 g/mol. The largest absolute Gasteiger partial charge is 0.497 e. The SMILES string of the molecule is COc1ccc([C@H]2OCC[C@@]34C[C@@H](C[C@H]23)C(C)(C)[C@@H]4NC(=O)CCO)cc1. The summed E-state index contributed by atoms with van der Waals surface area (Å²) in [6.07, 6.45) is 3.55. The van der Waals surface area contributed by atoms with Gasteiger partial charge in [-0.25, -0.2) is 0 Å². The van der Waals surface area contributed by atoms with E-state index in [0.29, 0.717) is 11.8 Å². The summed E-state index contributed by atoms with van der Waals surface area (Å²) in [7, 11) is 1.68. The van der Waals surface area contributed by atoms with E-state index in [9.17, 15) is 4.79 Å². The number of ether oxygens (including phenoxy) is 2. The van der Waals surface area contributed by atoms with Crippen LogP contribution in [0.4, 0.5) is 0 Å². The molecule has 0 radical (unpaired) electrons. The normalized spacial score (nSPS) is 36.3. The molecule has 27 heavy (non-hydrogen) atoms. The highest BCUT2D eigenvalue weighted by atomic mass is 16.5. The number of aliphatic hydroxyl groups excluding tert-OH is 1. The van der Waals surface area contributed by atoms with E-state index in [4.69, 9.17) is 14.6 Å². The van der Waals surface area contributed by atoms with Crippen molar-refractivity contribution in [1.82, 2.24) is 5.32 Å². The van der Waals surface area contributed by atoms with Crippen molar-refractivity contribution in [3.05, 3.63) is 29.8 Å². The summed E-state index contributed by atoms with van der Waals surface area (Å²) in [5.74, 6) is 1.82. The fourth-order valence-electron chi connectivity index (χ4n) is 6.25. The summed E-state index contributed by atoms with van der Waals surface area (Å²) in [6, 6.07) is 8.35. The van der Waals surface area contributed by atoms with Crippen LogP contribution in [0.1, 0.15) is 51.2 Å². The van der Waals surface area contributed by atoms with Gasteiger partial charge in [0.2, 0.25) is 5.91 Å². The number of carbonyl (C=O) groups is 1. The number of methoxy groups -OCH3 is 1. The molecule has 1 saturated heterocycles. The molecule has 5 nitrogen and oxygen atoms in total. The summed E-state index contributed by atoms with van der Waals surface area (Å²) >= 11 is 0. The van der Waals surface area contributed by atoms with Crippen LogP contribution in [0.5, 0.6) is 5.75 Å². The minimum Gasteiger partial charge on any atom is -0.497 e. The van der Waals surface area contributed by atoms with E-state index in [-0.39, 0.29) is 41.9 Å². The molecule has 2 bridgehead atoms. The van der Waals surface area contributed by atoms with Crippen LogP contribution in [0.25, 0.3) is 0 Å². The smallest absolute Gasteiger partial charge is 0.222 e. The predicted octanol–water partition coefficient (Wildman–Crippen LogP) is 3.08. The second-order valence-corrected chi connectivity index (χ2v) is 9.09. The molecule has 148 valence electrons. The zero-order valence-corrected chi connectivity index (χ0v) is 16.5. The van der Waals surface area contributed by atoms with Crippen molar-refractivity contribution < 1.29 is 19.4 Å². The van der Waals surface area contributed by atoms with Gasteiger partial charge < -0.3 is 19.9 Å². The number of amides is 1. The van der Waals surface area contributed by atoms with Crippen LogP contribution in [-0.2, 0) is 9.53 Å². The van der Waals surface area contributed by atoms with Crippen molar-refractivity contribution >= 4 is 5.91 Å². The quantitative estimate of drug-likeness (QED) is 0.832. The van der Waals surface area contributed by atoms with Crippen LogP contribution in [0, 0.1) is 22.7 Å². The average molecular weight is 373 g/mol. The molecule has 2 aliphatic carbocycles. The van der Waals surface area contributed by atoms with Crippen LogP contribution in [0.15, 0.2) is 24.3 Å². The first-order valence-corrected chi connectivity index (χ1v) is 10.1. The Labute approximate surface area is 161 Å². The molecular formula is C22H31NO4. The fraction of sp³-hybridized carbons (Fsp3) is 0.682. The molecule has 2 saturated carbocycles. The van der Waals surface area contributed by atoms with Gasteiger partial charge >= 0.3 is 0 Å². The van der Waals surface area contributed by atoms with Gasteiger partial charge in [0, 0.05) is 19.1 Å². The fourth-order valence-corrected chi connectivity index (χ4v) is 6.25. The summed E-state index contributed by atoms with van der Waals surface area (Å²) in [6.45, 7) is 5.22.